The molecular formula is C14H25N3. The highest BCUT2D eigenvalue weighted by atomic mass is 15.1. The molecule has 0 amide bonds. The van der Waals surface area contributed by atoms with Gasteiger partial charge >= 0.3 is 0 Å². The summed E-state index contributed by atoms with van der Waals surface area (Å²) in [5, 5.41) is 3.76. The van der Waals surface area contributed by atoms with Gasteiger partial charge < -0.3 is 9.88 Å². The van der Waals surface area contributed by atoms with Gasteiger partial charge in [-0.25, -0.2) is 4.98 Å². The predicted octanol–water partition coefficient (Wildman–Crippen LogP) is 3.06. The first kappa shape index (κ1) is 12.6. The summed E-state index contributed by atoms with van der Waals surface area (Å²) in [6.07, 6.45) is 11.6. The van der Waals surface area contributed by atoms with E-state index in [0.717, 1.165) is 19.5 Å². The quantitative estimate of drug-likeness (QED) is 0.869. The van der Waals surface area contributed by atoms with Gasteiger partial charge in [-0.05, 0) is 32.2 Å². The van der Waals surface area contributed by atoms with Gasteiger partial charge in [-0.2, -0.15) is 0 Å². The number of hydrogen-bond donors (Lipinski definition) is 1. The molecule has 1 unspecified atom stereocenters. The Balaban J connectivity index is 2.28. The molecule has 3 heteroatoms. The van der Waals surface area contributed by atoms with Crippen molar-refractivity contribution in [2.24, 2.45) is 0 Å². The number of rotatable bonds is 4. The van der Waals surface area contributed by atoms with Crippen LogP contribution < -0.4 is 5.32 Å². The number of hydrogen-bond acceptors (Lipinski definition) is 2. The first-order valence-electron chi connectivity index (χ1n) is 7.09. The molecular weight excluding hydrogens is 210 g/mol. The standard InChI is InChI=1S/C14H25N3/c1-3-11-17-12-10-15-13(17)14(4-2)8-6-5-7-9-16-14/h10,12,16H,3-9,11H2,1-2H3. The van der Waals surface area contributed by atoms with Gasteiger partial charge in [0.25, 0.3) is 0 Å². The average Bonchev–Trinajstić information content (AvgIpc) is 2.68. The van der Waals surface area contributed by atoms with E-state index in [4.69, 9.17) is 0 Å². The van der Waals surface area contributed by atoms with Gasteiger partial charge in [-0.3, -0.25) is 0 Å². The SMILES string of the molecule is CCCn1ccnc1C1(CC)CCCCCN1. The molecule has 0 aliphatic carbocycles. The molecule has 1 aliphatic heterocycles. The molecule has 1 N–H and O–H groups in total. The van der Waals surface area contributed by atoms with E-state index in [2.05, 4.69) is 34.9 Å². The molecule has 1 aliphatic rings. The Morgan fingerprint density at radius 1 is 1.35 bits per heavy atom. The molecule has 2 rings (SSSR count). The lowest BCUT2D eigenvalue weighted by molar-refractivity contribution is 0.282. The van der Waals surface area contributed by atoms with Crippen molar-refractivity contribution >= 4 is 0 Å². The minimum atomic E-state index is 0.120. The third-order valence-corrected chi connectivity index (χ3v) is 3.96. The van der Waals surface area contributed by atoms with E-state index in [9.17, 15) is 0 Å². The van der Waals surface area contributed by atoms with E-state index in [1.54, 1.807) is 0 Å². The lowest BCUT2D eigenvalue weighted by Gasteiger charge is -2.32. The average molecular weight is 235 g/mol. The summed E-state index contributed by atoms with van der Waals surface area (Å²) >= 11 is 0. The maximum Gasteiger partial charge on any atom is 0.129 e. The Kier molecular flexibility index (Phi) is 4.21. The molecule has 1 saturated heterocycles. The summed E-state index contributed by atoms with van der Waals surface area (Å²) in [5.74, 6) is 1.25. The van der Waals surface area contributed by atoms with Crippen LogP contribution in [0.1, 0.15) is 58.2 Å². The molecule has 17 heavy (non-hydrogen) atoms. The van der Waals surface area contributed by atoms with Crippen molar-refractivity contribution in [1.29, 1.82) is 0 Å². The first-order chi connectivity index (χ1) is 8.32. The molecule has 1 aromatic rings. The Bertz CT molecular complexity index is 335. The maximum atomic E-state index is 4.64. The molecule has 96 valence electrons. The minimum Gasteiger partial charge on any atom is -0.333 e. The van der Waals surface area contributed by atoms with E-state index in [-0.39, 0.29) is 5.54 Å². The molecule has 0 spiro atoms. The minimum absolute atomic E-state index is 0.120. The highest BCUT2D eigenvalue weighted by molar-refractivity contribution is 5.09. The fourth-order valence-corrected chi connectivity index (χ4v) is 2.94. The number of aromatic nitrogens is 2. The summed E-state index contributed by atoms with van der Waals surface area (Å²) < 4.78 is 2.34. The molecule has 1 aromatic heterocycles. The first-order valence-corrected chi connectivity index (χ1v) is 7.09. The van der Waals surface area contributed by atoms with Crippen molar-refractivity contribution < 1.29 is 0 Å². The Morgan fingerprint density at radius 2 is 2.24 bits per heavy atom. The highest BCUT2D eigenvalue weighted by Gasteiger charge is 2.34. The van der Waals surface area contributed by atoms with Crippen LogP contribution in [0.3, 0.4) is 0 Å². The molecule has 1 fully saturated rings. The highest BCUT2D eigenvalue weighted by Crippen LogP contribution is 2.32. The molecule has 0 bridgehead atoms. The zero-order valence-electron chi connectivity index (χ0n) is 11.2. The smallest absolute Gasteiger partial charge is 0.129 e. The second kappa shape index (κ2) is 5.67. The molecule has 0 aromatic carbocycles. The predicted molar refractivity (Wildman–Crippen MR) is 71.0 cm³/mol. The van der Waals surface area contributed by atoms with Gasteiger partial charge in [0.1, 0.15) is 5.82 Å². The molecule has 3 nitrogen and oxygen atoms in total. The van der Waals surface area contributed by atoms with Crippen molar-refractivity contribution in [3.63, 3.8) is 0 Å². The van der Waals surface area contributed by atoms with Crippen LogP contribution in [0.15, 0.2) is 12.4 Å². The van der Waals surface area contributed by atoms with Crippen LogP contribution in [0.25, 0.3) is 0 Å². The number of aryl methyl sites for hydroxylation is 1. The Labute approximate surface area is 105 Å². The van der Waals surface area contributed by atoms with E-state index < -0.39 is 0 Å². The molecule has 0 saturated carbocycles. The lowest BCUT2D eigenvalue weighted by Crippen LogP contribution is -2.43. The van der Waals surface area contributed by atoms with Crippen molar-refractivity contribution in [3.8, 4) is 0 Å². The van der Waals surface area contributed by atoms with E-state index in [1.165, 1.54) is 37.9 Å². The van der Waals surface area contributed by atoms with Gasteiger partial charge in [0.2, 0.25) is 0 Å². The van der Waals surface area contributed by atoms with Crippen molar-refractivity contribution in [2.45, 2.75) is 64.5 Å². The van der Waals surface area contributed by atoms with E-state index >= 15 is 0 Å². The van der Waals surface area contributed by atoms with Crippen LogP contribution in [0, 0.1) is 0 Å². The Morgan fingerprint density at radius 3 is 3.00 bits per heavy atom. The fraction of sp³-hybridized carbons (Fsp3) is 0.786. The second-order valence-corrected chi connectivity index (χ2v) is 5.12. The van der Waals surface area contributed by atoms with Crippen LogP contribution in [0.2, 0.25) is 0 Å². The fourth-order valence-electron chi connectivity index (χ4n) is 2.94. The summed E-state index contributed by atoms with van der Waals surface area (Å²) in [4.78, 5) is 4.64. The third kappa shape index (κ3) is 2.54. The maximum absolute atomic E-state index is 4.64. The Hall–Kier alpha value is -0.830. The van der Waals surface area contributed by atoms with Crippen molar-refractivity contribution in [3.05, 3.63) is 18.2 Å². The zero-order chi connectivity index (χ0) is 12.1. The van der Waals surface area contributed by atoms with Crippen LogP contribution in [0.4, 0.5) is 0 Å². The largest absolute Gasteiger partial charge is 0.333 e. The van der Waals surface area contributed by atoms with E-state index in [0.29, 0.717) is 0 Å². The summed E-state index contributed by atoms with van der Waals surface area (Å²) in [7, 11) is 0. The van der Waals surface area contributed by atoms with Crippen LogP contribution in [-0.2, 0) is 12.1 Å². The van der Waals surface area contributed by atoms with Gasteiger partial charge in [0, 0.05) is 18.9 Å². The second-order valence-electron chi connectivity index (χ2n) is 5.12. The van der Waals surface area contributed by atoms with E-state index in [1.807, 2.05) is 6.20 Å². The number of imidazole rings is 1. The van der Waals surface area contributed by atoms with Gasteiger partial charge in [-0.1, -0.05) is 26.7 Å². The summed E-state index contributed by atoms with van der Waals surface area (Å²) in [6, 6.07) is 0. The molecule has 1 atom stereocenters. The van der Waals surface area contributed by atoms with Crippen molar-refractivity contribution in [2.75, 3.05) is 6.54 Å². The topological polar surface area (TPSA) is 29.9 Å². The monoisotopic (exact) mass is 235 g/mol. The zero-order valence-corrected chi connectivity index (χ0v) is 11.2. The summed E-state index contributed by atoms with van der Waals surface area (Å²) in [6.45, 7) is 6.72. The third-order valence-electron chi connectivity index (χ3n) is 3.96. The van der Waals surface area contributed by atoms with Crippen LogP contribution >= 0.6 is 0 Å². The molecule has 2 heterocycles. The summed E-state index contributed by atoms with van der Waals surface area (Å²) in [5.41, 5.74) is 0.120. The van der Waals surface area contributed by atoms with Crippen molar-refractivity contribution in [1.82, 2.24) is 14.9 Å². The van der Waals surface area contributed by atoms with Gasteiger partial charge in [0.15, 0.2) is 0 Å². The van der Waals surface area contributed by atoms with Crippen LogP contribution in [0.5, 0.6) is 0 Å². The number of nitrogens with one attached hydrogen (secondary N) is 1. The normalized spacial score (nSPS) is 25.8. The molecule has 0 radical (unpaired) electrons. The number of nitrogens with zero attached hydrogens (tertiary/aromatic N) is 2. The lowest BCUT2D eigenvalue weighted by atomic mass is 9.89. The van der Waals surface area contributed by atoms with Gasteiger partial charge in [-0.15, -0.1) is 0 Å². The van der Waals surface area contributed by atoms with Crippen LogP contribution in [-0.4, -0.2) is 16.1 Å². The van der Waals surface area contributed by atoms with Gasteiger partial charge in [0.05, 0.1) is 5.54 Å².